The van der Waals surface area contributed by atoms with Crippen LogP contribution in [0.4, 0.5) is 25.9 Å². The molecule has 0 saturated heterocycles. The summed E-state index contributed by atoms with van der Waals surface area (Å²) in [6.07, 6.45) is 5.47. The summed E-state index contributed by atoms with van der Waals surface area (Å²) in [4.78, 5) is 86.1. The number of hydrogen-bond acceptors (Lipinski definition) is 24. The predicted molar refractivity (Wildman–Crippen MR) is 265 cm³/mol. The molecule has 402 valence electrons. The molecule has 3 N–H and O–H groups in total. The Kier molecular flexibility index (Phi) is 21.6. The molecule has 6 aromatic rings. The Morgan fingerprint density at radius 3 is 2.03 bits per heavy atom. The van der Waals surface area contributed by atoms with E-state index in [-0.39, 0.29) is 68.4 Å². The van der Waals surface area contributed by atoms with Gasteiger partial charge < -0.3 is 33.2 Å². The summed E-state index contributed by atoms with van der Waals surface area (Å²) >= 11 is 6.50. The van der Waals surface area contributed by atoms with Gasteiger partial charge in [0, 0.05) is 13.2 Å². The Labute approximate surface area is 441 Å². The molecule has 4 amide bonds. The molecule has 0 unspecified atom stereocenters. The van der Waals surface area contributed by atoms with Crippen molar-refractivity contribution < 1.29 is 78.4 Å². The predicted octanol–water partition coefficient (Wildman–Crippen LogP) is 4.67. The normalized spacial score (nSPS) is 11.0. The molecular formula is C44H43ClFN11O16S3. The van der Waals surface area contributed by atoms with Gasteiger partial charge in [0.15, 0.2) is 18.5 Å². The number of benzene rings is 2. The second-order valence-corrected chi connectivity index (χ2v) is 18.7. The van der Waals surface area contributed by atoms with E-state index in [2.05, 4.69) is 55.6 Å². The van der Waals surface area contributed by atoms with Crippen LogP contribution in [-0.2, 0) is 39.1 Å². The summed E-state index contributed by atoms with van der Waals surface area (Å²) in [6.45, 7) is 4.52. The minimum absolute atomic E-state index is 0.0314. The molecule has 4 aromatic heterocycles. The third kappa shape index (κ3) is 17.1. The first-order chi connectivity index (χ1) is 35.9. The van der Waals surface area contributed by atoms with E-state index in [4.69, 9.17) is 41.7 Å². The molecule has 0 aliphatic heterocycles. The lowest BCUT2D eigenvalue weighted by atomic mass is 10.2. The van der Waals surface area contributed by atoms with Crippen LogP contribution in [0.1, 0.15) is 38.6 Å². The van der Waals surface area contributed by atoms with Gasteiger partial charge in [0.2, 0.25) is 11.9 Å². The Bertz CT molecular complexity index is 3350. The molecule has 1 atom stereocenters. The molecule has 27 nitrogen and oxygen atoms in total. The van der Waals surface area contributed by atoms with Gasteiger partial charge in [-0.3, -0.25) is 10.2 Å². The standard InChI is InChI=1S/C17H13ClFNO4.C15H17N5O6S.C12H13N5O6S2/c1-3-8-22-17(21)11(2)23-13-4-6-14(7-5-13)24-16-15(19)9-12(18)10-20-16;1-9-16-13(18-14(17-9)26-4)20(2)15(22)19-27(23,24)11-8-6-5-7-10(11)12(21)25-3;1-6-13-10(16-12(14-6)23-3)15-11(19)17-25(20,21)7-4-5-24-8(7)9(18)22-2/h1,4-7,9-11H,8H2,2H3;5-8H,1-4H3,(H,19,22);4-5H,1-3H3,(H2,13,14,15,16,17,19)/t11-;;/m1../s1. The summed E-state index contributed by atoms with van der Waals surface area (Å²) in [5, 5.41) is 3.72. The zero-order valence-electron chi connectivity index (χ0n) is 40.9. The number of anilines is 2. The van der Waals surface area contributed by atoms with E-state index in [1.165, 1.54) is 77.0 Å². The first-order valence-electron chi connectivity index (χ1n) is 20.8. The minimum atomic E-state index is -4.37. The minimum Gasteiger partial charge on any atom is -0.479 e. The van der Waals surface area contributed by atoms with Crippen molar-refractivity contribution >= 4 is 84.9 Å². The number of carbonyl (C=O) groups is 5. The number of sulfonamides is 2. The van der Waals surface area contributed by atoms with Crippen LogP contribution in [0.25, 0.3) is 0 Å². The van der Waals surface area contributed by atoms with Gasteiger partial charge in [0.25, 0.3) is 25.9 Å². The highest BCUT2D eigenvalue weighted by molar-refractivity contribution is 7.90. The maximum atomic E-state index is 13.6. The third-order valence-corrected chi connectivity index (χ3v) is 12.7. The average Bonchev–Trinajstić information content (AvgIpc) is 3.90. The van der Waals surface area contributed by atoms with Crippen molar-refractivity contribution in [1.29, 1.82) is 0 Å². The summed E-state index contributed by atoms with van der Waals surface area (Å²) in [5.41, 5.74) is -0.208. The maximum Gasteiger partial charge on any atom is 0.349 e. The molecule has 0 saturated carbocycles. The molecule has 32 heteroatoms. The Morgan fingerprint density at radius 2 is 1.41 bits per heavy atom. The molecule has 0 aliphatic rings. The van der Waals surface area contributed by atoms with E-state index in [1.54, 1.807) is 35.9 Å². The molecule has 0 aliphatic carbocycles. The SMILES string of the molecule is C#CCOC(=O)[C@@H](C)Oc1ccc(Oc2ncc(Cl)cc2F)cc1.COC(=O)c1ccccc1S(=O)(=O)NC(=O)N(C)c1nc(C)nc(OC)n1.COC(=O)c1sccc1S(=O)(=O)NC(=O)Nc1nc(C)nc(OC)n1. The number of nitrogens with one attached hydrogen (secondary N) is 3. The highest BCUT2D eigenvalue weighted by Crippen LogP contribution is 2.27. The van der Waals surface area contributed by atoms with Crippen molar-refractivity contribution in [2.75, 3.05) is 52.3 Å². The van der Waals surface area contributed by atoms with Crippen LogP contribution in [0, 0.1) is 32.0 Å². The maximum absolute atomic E-state index is 13.6. The van der Waals surface area contributed by atoms with Gasteiger partial charge >= 0.3 is 42.0 Å². The molecule has 4 heterocycles. The van der Waals surface area contributed by atoms with Gasteiger partial charge in [-0.2, -0.15) is 29.9 Å². The van der Waals surface area contributed by atoms with Gasteiger partial charge in [0.1, 0.15) is 37.8 Å². The molecule has 0 bridgehead atoms. The summed E-state index contributed by atoms with van der Waals surface area (Å²) in [5.74, 6) is 0.0587. The van der Waals surface area contributed by atoms with Gasteiger partial charge in [-0.25, -0.2) is 59.6 Å². The zero-order valence-corrected chi connectivity index (χ0v) is 44.1. The number of methoxy groups -OCH3 is 4. The Balaban J connectivity index is 0.000000247. The number of aromatic nitrogens is 7. The number of rotatable bonds is 16. The van der Waals surface area contributed by atoms with Crippen molar-refractivity contribution in [2.45, 2.75) is 36.7 Å². The van der Waals surface area contributed by atoms with Crippen molar-refractivity contribution in [3.63, 3.8) is 0 Å². The summed E-state index contributed by atoms with van der Waals surface area (Å²) in [7, 11) is -2.49. The number of esters is 3. The van der Waals surface area contributed by atoms with Crippen LogP contribution in [0.3, 0.4) is 0 Å². The van der Waals surface area contributed by atoms with E-state index in [1.807, 2.05) is 4.72 Å². The fourth-order valence-corrected chi connectivity index (χ4v) is 8.87. The van der Waals surface area contributed by atoms with Crippen LogP contribution in [0.2, 0.25) is 5.02 Å². The molecule has 76 heavy (non-hydrogen) atoms. The van der Waals surface area contributed by atoms with E-state index in [0.717, 1.165) is 36.5 Å². The van der Waals surface area contributed by atoms with Crippen LogP contribution >= 0.6 is 22.9 Å². The number of pyridine rings is 1. The first kappa shape index (κ1) is 59.7. The summed E-state index contributed by atoms with van der Waals surface area (Å²) < 4.78 is 101. The number of halogens is 2. The quantitative estimate of drug-likeness (QED) is 0.0673. The number of terminal acetylenes is 1. The highest BCUT2D eigenvalue weighted by atomic mass is 35.5. The van der Waals surface area contributed by atoms with E-state index in [0.29, 0.717) is 11.5 Å². The largest absolute Gasteiger partial charge is 0.479 e. The lowest BCUT2D eigenvalue weighted by Crippen LogP contribution is -2.42. The smallest absolute Gasteiger partial charge is 0.349 e. The number of aryl methyl sites for hydroxylation is 2. The Morgan fingerprint density at radius 1 is 0.803 bits per heavy atom. The van der Waals surface area contributed by atoms with Gasteiger partial charge in [0.05, 0.1) is 39.0 Å². The monoisotopic (exact) mass is 1130 g/mol. The van der Waals surface area contributed by atoms with Crippen LogP contribution < -0.4 is 38.6 Å². The van der Waals surface area contributed by atoms with Crippen LogP contribution in [0.15, 0.2) is 82.0 Å². The van der Waals surface area contributed by atoms with Crippen molar-refractivity contribution in [3.05, 3.63) is 105 Å². The highest BCUT2D eigenvalue weighted by Gasteiger charge is 2.29. The van der Waals surface area contributed by atoms with E-state index in [9.17, 15) is 45.2 Å². The fourth-order valence-electron chi connectivity index (χ4n) is 5.31. The van der Waals surface area contributed by atoms with E-state index < -0.39 is 66.8 Å². The van der Waals surface area contributed by atoms with Crippen LogP contribution in [-0.4, -0.2) is 130 Å². The average molecular weight is 1130 g/mol. The van der Waals surface area contributed by atoms with Gasteiger partial charge in [-0.1, -0.05) is 29.7 Å². The van der Waals surface area contributed by atoms with Gasteiger partial charge in [-0.05, 0) is 74.7 Å². The molecule has 6 rings (SSSR count). The number of thiophene rings is 1. The molecular weight excluding hydrogens is 1090 g/mol. The first-order valence-corrected chi connectivity index (χ1v) is 25.0. The van der Waals surface area contributed by atoms with Crippen molar-refractivity contribution in [2.24, 2.45) is 0 Å². The lowest BCUT2D eigenvalue weighted by Gasteiger charge is -2.17. The van der Waals surface area contributed by atoms with Crippen LogP contribution in [0.5, 0.6) is 29.4 Å². The second kappa shape index (κ2) is 27.4. The van der Waals surface area contributed by atoms with Crippen molar-refractivity contribution in [3.8, 4) is 41.7 Å². The zero-order chi connectivity index (χ0) is 56.3. The number of urea groups is 2. The lowest BCUT2D eigenvalue weighted by molar-refractivity contribution is -0.149. The third-order valence-electron chi connectivity index (χ3n) is 8.71. The number of amides is 4. The summed E-state index contributed by atoms with van der Waals surface area (Å²) in [6, 6.07) is 11.6. The molecule has 0 radical (unpaired) electrons. The van der Waals surface area contributed by atoms with E-state index >= 15 is 0 Å². The number of carbonyl (C=O) groups excluding carboxylic acids is 5. The molecule has 0 fully saturated rings. The number of ether oxygens (including phenoxy) is 7. The molecule has 0 spiro atoms. The van der Waals surface area contributed by atoms with Gasteiger partial charge in [-0.15, -0.1) is 17.8 Å². The topological polar surface area (TPSA) is 348 Å². The number of hydrogen-bond donors (Lipinski definition) is 3. The molecule has 2 aromatic carbocycles. The number of nitrogens with zero attached hydrogens (tertiary/aromatic N) is 8. The van der Waals surface area contributed by atoms with Crippen molar-refractivity contribution in [1.82, 2.24) is 44.3 Å². The fraction of sp³-hybridized carbons (Fsp3) is 0.227. The second-order valence-electron chi connectivity index (χ2n) is 14.1. The Hall–Kier alpha value is -8.86.